The summed E-state index contributed by atoms with van der Waals surface area (Å²) in [5.74, 6) is -0.511. The third-order valence-corrected chi connectivity index (χ3v) is 5.57. The average molecular weight is 388 g/mol. The van der Waals surface area contributed by atoms with Gasteiger partial charge in [-0.3, -0.25) is 4.79 Å². The first-order valence-electron chi connectivity index (χ1n) is 8.86. The Labute approximate surface area is 164 Å². The van der Waals surface area contributed by atoms with Gasteiger partial charge >= 0.3 is 0 Å². The number of hydrogen-bond acceptors (Lipinski definition) is 3. The molecule has 4 nitrogen and oxygen atoms in total. The van der Waals surface area contributed by atoms with E-state index in [0.29, 0.717) is 22.1 Å². The predicted molar refractivity (Wildman–Crippen MR) is 108 cm³/mol. The molecule has 0 fully saturated rings. The van der Waals surface area contributed by atoms with Crippen molar-refractivity contribution in [1.29, 1.82) is 0 Å². The lowest BCUT2D eigenvalue weighted by atomic mass is 9.80. The number of anilines is 1. The number of hydrazone groups is 1. The van der Waals surface area contributed by atoms with E-state index >= 15 is 0 Å². The Hall–Kier alpha value is -2.40. The fraction of sp³-hybridized carbons (Fsp3) is 0.333. The minimum atomic E-state index is -0.440. The monoisotopic (exact) mass is 387 g/mol. The summed E-state index contributed by atoms with van der Waals surface area (Å²) in [4.78, 5) is 14.2. The van der Waals surface area contributed by atoms with Gasteiger partial charge in [0.2, 0.25) is 0 Å². The molecule has 142 valence electrons. The molecule has 1 aliphatic heterocycles. The summed E-state index contributed by atoms with van der Waals surface area (Å²) in [6.45, 7) is 6.46. The highest BCUT2D eigenvalue weighted by atomic mass is 35.5. The SMILES string of the molecule is CC1CC(C)(C)N(C)c2cc(F)c(/C=N\NC(=O)c3ccccc3Cl)cc21. The molecule has 1 heterocycles. The van der Waals surface area contributed by atoms with Gasteiger partial charge in [-0.25, -0.2) is 9.82 Å². The van der Waals surface area contributed by atoms with Crippen LogP contribution in [0.2, 0.25) is 5.02 Å². The van der Waals surface area contributed by atoms with Crippen LogP contribution >= 0.6 is 11.6 Å². The van der Waals surface area contributed by atoms with Crippen LogP contribution in [0.3, 0.4) is 0 Å². The molecule has 0 saturated heterocycles. The fourth-order valence-corrected chi connectivity index (χ4v) is 3.79. The number of hydrogen-bond donors (Lipinski definition) is 1. The second kappa shape index (κ2) is 7.31. The van der Waals surface area contributed by atoms with Crippen LogP contribution in [-0.4, -0.2) is 24.7 Å². The highest BCUT2D eigenvalue weighted by Gasteiger charge is 2.34. The highest BCUT2D eigenvalue weighted by molar-refractivity contribution is 6.33. The zero-order valence-electron chi connectivity index (χ0n) is 15.9. The van der Waals surface area contributed by atoms with Gasteiger partial charge in [0.15, 0.2) is 0 Å². The van der Waals surface area contributed by atoms with E-state index in [0.717, 1.165) is 17.7 Å². The number of nitrogens with one attached hydrogen (secondary N) is 1. The molecule has 0 saturated carbocycles. The molecular formula is C21H23ClFN3O. The first-order chi connectivity index (χ1) is 12.7. The van der Waals surface area contributed by atoms with E-state index in [4.69, 9.17) is 11.6 Å². The van der Waals surface area contributed by atoms with E-state index in [2.05, 4.69) is 36.2 Å². The number of fused-ring (bicyclic) bond motifs is 1. The summed E-state index contributed by atoms with van der Waals surface area (Å²) in [5.41, 5.74) is 5.00. The highest BCUT2D eigenvalue weighted by Crippen LogP contribution is 2.43. The van der Waals surface area contributed by atoms with Crippen LogP contribution in [0.1, 0.15) is 54.6 Å². The molecule has 0 spiro atoms. The Morgan fingerprint density at radius 1 is 1.37 bits per heavy atom. The zero-order valence-corrected chi connectivity index (χ0v) is 16.6. The van der Waals surface area contributed by atoms with Crippen LogP contribution in [0.5, 0.6) is 0 Å². The second-order valence-corrected chi connectivity index (χ2v) is 8.00. The third-order valence-electron chi connectivity index (χ3n) is 5.24. The molecule has 1 aliphatic rings. The van der Waals surface area contributed by atoms with Gasteiger partial charge in [-0.2, -0.15) is 5.10 Å². The number of halogens is 2. The van der Waals surface area contributed by atoms with Crippen LogP contribution in [0, 0.1) is 5.82 Å². The van der Waals surface area contributed by atoms with Gasteiger partial charge < -0.3 is 4.90 Å². The first kappa shape index (κ1) is 19.4. The topological polar surface area (TPSA) is 44.7 Å². The molecule has 1 amide bonds. The van der Waals surface area contributed by atoms with Gasteiger partial charge in [-0.15, -0.1) is 0 Å². The quantitative estimate of drug-likeness (QED) is 0.597. The first-order valence-corrected chi connectivity index (χ1v) is 9.23. The Balaban J connectivity index is 1.82. The van der Waals surface area contributed by atoms with Gasteiger partial charge in [-0.05, 0) is 56.0 Å². The predicted octanol–water partition coefficient (Wildman–Crippen LogP) is 4.97. The molecule has 6 heteroatoms. The van der Waals surface area contributed by atoms with E-state index in [9.17, 15) is 9.18 Å². The number of carbonyl (C=O) groups excluding carboxylic acids is 1. The standard InChI is InChI=1S/C21H23ClFN3O/c1-13-11-21(2,3)26(4)19-10-18(23)14(9-16(13)19)12-24-25-20(27)15-7-5-6-8-17(15)22/h5-10,12-13H,11H2,1-4H3,(H,25,27)/b24-12-. The number of nitrogens with zero attached hydrogens (tertiary/aromatic N) is 2. The Morgan fingerprint density at radius 2 is 2.07 bits per heavy atom. The van der Waals surface area contributed by atoms with Crippen molar-refractivity contribution >= 4 is 29.4 Å². The normalized spacial score (nSPS) is 18.4. The Bertz CT molecular complexity index is 910. The molecular weight excluding hydrogens is 365 g/mol. The maximum Gasteiger partial charge on any atom is 0.272 e. The van der Waals surface area contributed by atoms with Crippen LogP contribution in [0.25, 0.3) is 0 Å². The summed E-state index contributed by atoms with van der Waals surface area (Å²) in [6, 6.07) is 10.0. The number of carbonyl (C=O) groups is 1. The molecule has 0 radical (unpaired) electrons. The summed E-state index contributed by atoms with van der Waals surface area (Å²) >= 11 is 6.00. The molecule has 3 rings (SSSR count). The number of benzene rings is 2. The van der Waals surface area contributed by atoms with Crippen molar-refractivity contribution in [3.05, 3.63) is 63.9 Å². The fourth-order valence-electron chi connectivity index (χ4n) is 3.57. The minimum Gasteiger partial charge on any atom is -0.369 e. The Kier molecular flexibility index (Phi) is 5.24. The number of rotatable bonds is 3. The lowest BCUT2D eigenvalue weighted by Gasteiger charge is -2.45. The molecule has 1 unspecified atom stereocenters. The molecule has 27 heavy (non-hydrogen) atoms. The lowest BCUT2D eigenvalue weighted by molar-refractivity contribution is 0.0955. The smallest absolute Gasteiger partial charge is 0.272 e. The second-order valence-electron chi connectivity index (χ2n) is 7.59. The molecule has 1 atom stereocenters. The van der Waals surface area contributed by atoms with E-state index in [-0.39, 0.29) is 11.4 Å². The van der Waals surface area contributed by atoms with Crippen molar-refractivity contribution in [3.8, 4) is 0 Å². The van der Waals surface area contributed by atoms with Crippen molar-refractivity contribution in [1.82, 2.24) is 5.43 Å². The van der Waals surface area contributed by atoms with Crippen LogP contribution < -0.4 is 10.3 Å². The van der Waals surface area contributed by atoms with Crippen molar-refractivity contribution in [2.24, 2.45) is 5.10 Å². The van der Waals surface area contributed by atoms with E-state index in [1.165, 1.54) is 6.21 Å². The largest absolute Gasteiger partial charge is 0.369 e. The third kappa shape index (κ3) is 3.83. The maximum absolute atomic E-state index is 14.6. The molecule has 2 aromatic carbocycles. The van der Waals surface area contributed by atoms with Gasteiger partial charge in [0, 0.05) is 23.8 Å². The van der Waals surface area contributed by atoms with Gasteiger partial charge in [0.25, 0.3) is 5.91 Å². The summed E-state index contributed by atoms with van der Waals surface area (Å²) < 4.78 is 14.6. The van der Waals surface area contributed by atoms with Gasteiger partial charge in [0.1, 0.15) is 5.82 Å². The molecule has 0 aliphatic carbocycles. The van der Waals surface area contributed by atoms with Crippen LogP contribution in [-0.2, 0) is 0 Å². The summed E-state index contributed by atoms with van der Waals surface area (Å²) in [5, 5.41) is 4.24. The molecule has 0 aromatic heterocycles. The van der Waals surface area contributed by atoms with Crippen LogP contribution in [0.15, 0.2) is 41.5 Å². The van der Waals surface area contributed by atoms with E-state index in [1.54, 1.807) is 30.3 Å². The van der Waals surface area contributed by atoms with Crippen molar-refractivity contribution in [2.75, 3.05) is 11.9 Å². The zero-order chi connectivity index (χ0) is 19.8. The molecule has 2 aromatic rings. The van der Waals surface area contributed by atoms with Crippen molar-refractivity contribution in [3.63, 3.8) is 0 Å². The van der Waals surface area contributed by atoms with Gasteiger partial charge in [0.05, 0.1) is 16.8 Å². The van der Waals surface area contributed by atoms with Crippen molar-refractivity contribution in [2.45, 2.75) is 38.6 Å². The Morgan fingerprint density at radius 3 is 2.78 bits per heavy atom. The average Bonchev–Trinajstić information content (AvgIpc) is 2.60. The minimum absolute atomic E-state index is 0.0304. The maximum atomic E-state index is 14.6. The van der Waals surface area contributed by atoms with Crippen LogP contribution in [0.4, 0.5) is 10.1 Å². The van der Waals surface area contributed by atoms with Gasteiger partial charge in [-0.1, -0.05) is 30.7 Å². The molecule has 1 N–H and O–H groups in total. The summed E-state index contributed by atoms with van der Waals surface area (Å²) in [6.07, 6.45) is 2.30. The lowest BCUT2D eigenvalue weighted by Crippen LogP contribution is -2.45. The number of amides is 1. The summed E-state index contributed by atoms with van der Waals surface area (Å²) in [7, 11) is 1.99. The van der Waals surface area contributed by atoms with E-state index < -0.39 is 5.91 Å². The molecule has 0 bridgehead atoms. The van der Waals surface area contributed by atoms with Crippen molar-refractivity contribution < 1.29 is 9.18 Å². The van der Waals surface area contributed by atoms with E-state index in [1.807, 2.05) is 13.1 Å².